The third-order valence-electron chi connectivity index (χ3n) is 2.76. The highest BCUT2D eigenvalue weighted by molar-refractivity contribution is 5.80. The van der Waals surface area contributed by atoms with E-state index in [1.54, 1.807) is 46.1 Å². The molecule has 0 aliphatic rings. The fourth-order valence-corrected chi connectivity index (χ4v) is 1.65. The average molecular weight is 267 g/mol. The Morgan fingerprint density at radius 2 is 1.89 bits per heavy atom. The van der Waals surface area contributed by atoms with E-state index in [0.717, 1.165) is 5.56 Å². The smallest absolute Gasteiger partial charge is 0.262 e. The molecule has 0 saturated heterocycles. The summed E-state index contributed by atoms with van der Waals surface area (Å²) in [5, 5.41) is 9.52. The molecule has 5 heteroatoms. The van der Waals surface area contributed by atoms with Crippen molar-refractivity contribution in [3.8, 4) is 11.5 Å². The molecule has 1 amide bonds. The van der Waals surface area contributed by atoms with Crippen molar-refractivity contribution in [2.45, 2.75) is 26.1 Å². The predicted molar refractivity (Wildman–Crippen MR) is 72.4 cm³/mol. The molecule has 0 aliphatic carbocycles. The van der Waals surface area contributed by atoms with Crippen LogP contribution >= 0.6 is 0 Å². The summed E-state index contributed by atoms with van der Waals surface area (Å²) in [4.78, 5) is 13.2. The number of benzene rings is 1. The minimum absolute atomic E-state index is 0.123. The molecule has 1 aromatic carbocycles. The molecule has 1 N–H and O–H groups in total. The number of carbonyl (C=O) groups is 1. The van der Waals surface area contributed by atoms with Crippen molar-refractivity contribution in [1.82, 2.24) is 4.90 Å². The number of rotatable bonds is 5. The first-order valence-electron chi connectivity index (χ1n) is 6.10. The summed E-state index contributed by atoms with van der Waals surface area (Å²) in [5.74, 6) is 0.855. The Bertz CT molecular complexity index is 443. The molecule has 19 heavy (non-hydrogen) atoms. The van der Waals surface area contributed by atoms with Crippen LogP contribution in [-0.4, -0.2) is 43.2 Å². The summed E-state index contributed by atoms with van der Waals surface area (Å²) in [7, 11) is 4.87. The first-order chi connectivity index (χ1) is 8.86. The fraction of sp³-hybridized carbons (Fsp3) is 0.500. The number of likely N-dealkylation sites (N-methyl/N-ethyl adjacent to an activating group) is 1. The van der Waals surface area contributed by atoms with Gasteiger partial charge in [-0.05, 0) is 31.5 Å². The van der Waals surface area contributed by atoms with E-state index in [-0.39, 0.29) is 5.91 Å². The van der Waals surface area contributed by atoms with Crippen LogP contribution in [0.3, 0.4) is 0 Å². The number of nitrogens with zero attached hydrogens (tertiary/aromatic N) is 1. The predicted octanol–water partition coefficient (Wildman–Crippen LogP) is 1.60. The molecule has 0 heterocycles. The number of amides is 1. The highest BCUT2D eigenvalue weighted by Gasteiger charge is 2.18. The van der Waals surface area contributed by atoms with Crippen LogP contribution in [0.15, 0.2) is 18.2 Å². The molecular weight excluding hydrogens is 246 g/mol. The van der Waals surface area contributed by atoms with E-state index in [4.69, 9.17) is 9.47 Å². The molecule has 5 nitrogen and oxygen atoms in total. The minimum Gasteiger partial charge on any atom is -0.493 e. The molecule has 0 aliphatic heterocycles. The number of carbonyl (C=O) groups excluding carboxylic acids is 1. The van der Waals surface area contributed by atoms with Crippen LogP contribution in [0.25, 0.3) is 0 Å². The van der Waals surface area contributed by atoms with Crippen molar-refractivity contribution in [3.63, 3.8) is 0 Å². The molecule has 2 unspecified atom stereocenters. The fourth-order valence-electron chi connectivity index (χ4n) is 1.65. The molecule has 0 bridgehead atoms. The first-order valence-corrected chi connectivity index (χ1v) is 6.10. The van der Waals surface area contributed by atoms with Gasteiger partial charge in [-0.1, -0.05) is 6.07 Å². The van der Waals surface area contributed by atoms with Crippen LogP contribution in [0, 0.1) is 0 Å². The van der Waals surface area contributed by atoms with E-state index in [2.05, 4.69) is 0 Å². The van der Waals surface area contributed by atoms with Crippen molar-refractivity contribution < 1.29 is 19.4 Å². The van der Waals surface area contributed by atoms with Crippen molar-refractivity contribution in [2.24, 2.45) is 0 Å². The lowest BCUT2D eigenvalue weighted by Gasteiger charge is -2.20. The lowest BCUT2D eigenvalue weighted by atomic mass is 10.1. The Hall–Kier alpha value is -1.75. The van der Waals surface area contributed by atoms with E-state index < -0.39 is 12.2 Å². The second kappa shape index (κ2) is 6.43. The van der Waals surface area contributed by atoms with Crippen LogP contribution in [0.4, 0.5) is 0 Å². The Morgan fingerprint density at radius 1 is 1.26 bits per heavy atom. The highest BCUT2D eigenvalue weighted by atomic mass is 16.5. The maximum absolute atomic E-state index is 11.7. The number of aliphatic hydroxyl groups is 1. The van der Waals surface area contributed by atoms with Gasteiger partial charge < -0.3 is 19.5 Å². The number of ether oxygens (including phenoxy) is 2. The standard InChI is InChI=1S/C14H21NO4/c1-9(16)11-6-7-12(13(8-11)18-5)19-10(2)14(17)15(3)4/h6-10,16H,1-5H3. The van der Waals surface area contributed by atoms with E-state index in [0.29, 0.717) is 11.5 Å². The molecule has 0 fully saturated rings. The van der Waals surface area contributed by atoms with Crippen molar-refractivity contribution in [2.75, 3.05) is 21.2 Å². The monoisotopic (exact) mass is 267 g/mol. The van der Waals surface area contributed by atoms with E-state index in [9.17, 15) is 9.90 Å². The van der Waals surface area contributed by atoms with Gasteiger partial charge in [0.2, 0.25) is 0 Å². The molecule has 0 spiro atoms. The van der Waals surface area contributed by atoms with Gasteiger partial charge in [-0.2, -0.15) is 0 Å². The quantitative estimate of drug-likeness (QED) is 0.880. The van der Waals surface area contributed by atoms with Crippen LogP contribution in [0.1, 0.15) is 25.5 Å². The molecule has 1 aromatic rings. The number of hydrogen-bond acceptors (Lipinski definition) is 4. The maximum atomic E-state index is 11.7. The minimum atomic E-state index is -0.596. The van der Waals surface area contributed by atoms with E-state index in [1.807, 2.05) is 0 Å². The van der Waals surface area contributed by atoms with E-state index in [1.165, 1.54) is 12.0 Å². The molecular formula is C14H21NO4. The molecule has 106 valence electrons. The summed E-state index contributed by atoms with van der Waals surface area (Å²) in [6, 6.07) is 5.14. The highest BCUT2D eigenvalue weighted by Crippen LogP contribution is 2.31. The SMILES string of the molecule is COc1cc(C(C)O)ccc1OC(C)C(=O)N(C)C. The van der Waals surface area contributed by atoms with Gasteiger partial charge in [0.1, 0.15) is 0 Å². The topological polar surface area (TPSA) is 59.0 Å². The Morgan fingerprint density at radius 3 is 2.37 bits per heavy atom. The van der Waals surface area contributed by atoms with Gasteiger partial charge >= 0.3 is 0 Å². The molecule has 0 aromatic heterocycles. The zero-order chi connectivity index (χ0) is 14.6. The molecule has 0 radical (unpaired) electrons. The van der Waals surface area contributed by atoms with Crippen LogP contribution in [-0.2, 0) is 4.79 Å². The maximum Gasteiger partial charge on any atom is 0.262 e. The van der Waals surface area contributed by atoms with Crippen LogP contribution in [0.5, 0.6) is 11.5 Å². The second-order valence-corrected chi connectivity index (χ2v) is 4.58. The van der Waals surface area contributed by atoms with Gasteiger partial charge in [0.15, 0.2) is 17.6 Å². The summed E-state index contributed by atoms with van der Waals surface area (Å²) < 4.78 is 10.8. The number of methoxy groups -OCH3 is 1. The van der Waals surface area contributed by atoms with E-state index >= 15 is 0 Å². The lowest BCUT2D eigenvalue weighted by molar-refractivity contribution is -0.135. The van der Waals surface area contributed by atoms with Crippen molar-refractivity contribution in [3.05, 3.63) is 23.8 Å². The van der Waals surface area contributed by atoms with Crippen LogP contribution in [0.2, 0.25) is 0 Å². The summed E-state index contributed by atoms with van der Waals surface area (Å²) in [6.45, 7) is 3.36. The summed E-state index contributed by atoms with van der Waals surface area (Å²) in [5.41, 5.74) is 0.732. The van der Waals surface area contributed by atoms with Crippen molar-refractivity contribution >= 4 is 5.91 Å². The number of hydrogen-bond donors (Lipinski definition) is 1. The van der Waals surface area contributed by atoms with Crippen molar-refractivity contribution in [1.29, 1.82) is 0 Å². The van der Waals surface area contributed by atoms with Gasteiger partial charge in [0, 0.05) is 14.1 Å². The third-order valence-corrected chi connectivity index (χ3v) is 2.76. The third kappa shape index (κ3) is 3.86. The van der Waals surface area contributed by atoms with Crippen LogP contribution < -0.4 is 9.47 Å². The molecule has 2 atom stereocenters. The Labute approximate surface area is 113 Å². The summed E-state index contributed by atoms with van der Waals surface area (Å²) in [6.07, 6.45) is -1.18. The Balaban J connectivity index is 2.92. The lowest BCUT2D eigenvalue weighted by Crippen LogP contribution is -2.35. The molecule has 0 saturated carbocycles. The zero-order valence-corrected chi connectivity index (χ0v) is 12.0. The normalized spacial score (nSPS) is 13.6. The Kier molecular flexibility index (Phi) is 5.18. The van der Waals surface area contributed by atoms with Gasteiger partial charge in [-0.25, -0.2) is 0 Å². The zero-order valence-electron chi connectivity index (χ0n) is 12.0. The molecule has 1 rings (SSSR count). The summed E-state index contributed by atoms with van der Waals surface area (Å²) >= 11 is 0. The first kappa shape index (κ1) is 15.3. The van der Waals surface area contributed by atoms with Gasteiger partial charge in [0.05, 0.1) is 13.2 Å². The average Bonchev–Trinajstić information content (AvgIpc) is 2.37. The second-order valence-electron chi connectivity index (χ2n) is 4.58. The van der Waals surface area contributed by atoms with Gasteiger partial charge in [-0.15, -0.1) is 0 Å². The largest absolute Gasteiger partial charge is 0.493 e. The van der Waals surface area contributed by atoms with Gasteiger partial charge in [0.25, 0.3) is 5.91 Å². The van der Waals surface area contributed by atoms with Gasteiger partial charge in [-0.3, -0.25) is 4.79 Å². The number of aliphatic hydroxyl groups excluding tert-OH is 1.